The molecule has 0 bridgehead atoms. The molecule has 2 unspecified atom stereocenters. The summed E-state index contributed by atoms with van der Waals surface area (Å²) in [6.45, 7) is 1.29. The fourth-order valence-corrected chi connectivity index (χ4v) is 3.96. The van der Waals surface area contributed by atoms with E-state index in [9.17, 15) is 14.7 Å². The van der Waals surface area contributed by atoms with Crippen molar-refractivity contribution in [3.05, 3.63) is 39.8 Å². The predicted molar refractivity (Wildman–Crippen MR) is 104 cm³/mol. The zero-order valence-corrected chi connectivity index (χ0v) is 16.0. The molecule has 0 radical (unpaired) electrons. The molecule has 2 N–H and O–H groups in total. The Hall–Kier alpha value is -2.89. The van der Waals surface area contributed by atoms with Crippen molar-refractivity contribution in [1.82, 2.24) is 24.8 Å². The number of hydrogen-bond acceptors (Lipinski definition) is 9. The van der Waals surface area contributed by atoms with Crippen LogP contribution in [0.3, 0.4) is 0 Å². The molecule has 0 aromatic carbocycles. The van der Waals surface area contributed by atoms with Crippen LogP contribution in [0.25, 0.3) is 16.3 Å². The Kier molecular flexibility index (Phi) is 4.79. The second kappa shape index (κ2) is 7.26. The van der Waals surface area contributed by atoms with Crippen molar-refractivity contribution in [2.75, 3.05) is 32.1 Å². The summed E-state index contributed by atoms with van der Waals surface area (Å²) < 4.78 is 7.02. The van der Waals surface area contributed by atoms with Crippen molar-refractivity contribution < 1.29 is 14.6 Å². The Morgan fingerprint density at radius 2 is 2.21 bits per heavy atom. The number of nitrogens with one attached hydrogen (secondary N) is 1. The maximum Gasteiger partial charge on any atom is 0.341 e. The fourth-order valence-electron chi connectivity index (χ4n) is 3.34. The third-order valence-electron chi connectivity index (χ3n) is 4.81. The first kappa shape index (κ1) is 18.5. The summed E-state index contributed by atoms with van der Waals surface area (Å²) in [6, 6.07) is 0.137. The fraction of sp³-hybridized carbons (Fsp3) is 0.353. The number of thiazole rings is 1. The van der Waals surface area contributed by atoms with E-state index in [4.69, 9.17) is 4.74 Å². The van der Waals surface area contributed by atoms with Crippen LogP contribution in [0.2, 0.25) is 0 Å². The highest BCUT2D eigenvalue weighted by atomic mass is 32.1. The van der Waals surface area contributed by atoms with Gasteiger partial charge in [-0.1, -0.05) is 0 Å². The van der Waals surface area contributed by atoms with E-state index in [1.54, 1.807) is 18.7 Å². The molecule has 1 aliphatic heterocycles. The van der Waals surface area contributed by atoms with Crippen molar-refractivity contribution in [3.8, 4) is 5.13 Å². The zero-order valence-electron chi connectivity index (χ0n) is 15.2. The van der Waals surface area contributed by atoms with Gasteiger partial charge in [0.1, 0.15) is 11.4 Å². The van der Waals surface area contributed by atoms with E-state index < -0.39 is 11.4 Å². The van der Waals surface area contributed by atoms with Crippen molar-refractivity contribution in [1.29, 1.82) is 0 Å². The van der Waals surface area contributed by atoms with Crippen molar-refractivity contribution in [3.63, 3.8) is 0 Å². The van der Waals surface area contributed by atoms with E-state index in [0.29, 0.717) is 24.0 Å². The molecular formula is C17H18N6O4S. The number of carboxylic acids is 1. The number of rotatable bonds is 5. The lowest BCUT2D eigenvalue weighted by atomic mass is 10.2. The summed E-state index contributed by atoms with van der Waals surface area (Å²) in [5.41, 5.74) is -0.782. The number of fused-ring (bicyclic) bond motifs is 1. The molecule has 0 saturated carbocycles. The lowest BCUT2D eigenvalue weighted by Gasteiger charge is -2.17. The predicted octanol–water partition coefficient (Wildman–Crippen LogP) is 0.358. The van der Waals surface area contributed by atoms with Crippen molar-refractivity contribution in [2.45, 2.75) is 12.1 Å². The second-order valence-electron chi connectivity index (χ2n) is 6.34. The number of methoxy groups -OCH3 is 1. The van der Waals surface area contributed by atoms with Crippen LogP contribution in [0.4, 0.5) is 5.82 Å². The Morgan fingerprint density at radius 3 is 2.82 bits per heavy atom. The van der Waals surface area contributed by atoms with Crippen LogP contribution in [0.15, 0.2) is 28.8 Å². The number of hydrogen-bond donors (Lipinski definition) is 2. The molecule has 2 atom stereocenters. The Labute approximate surface area is 163 Å². The lowest BCUT2D eigenvalue weighted by molar-refractivity contribution is 0.0695. The SMILES string of the molecule is CNC1CN(c2cnc3c(=O)c(C(=O)O)cn(-c4nccs4)c3n2)CC1OC. The standard InChI is InChI=1S/C17H18N6O4S/c1-18-10-7-22(8-11(10)27-2)12-5-20-13-14(24)9(16(25)26)6-23(15(13)21-12)17-19-3-4-28-17/h3-6,10-11,18H,7-8H2,1-2H3,(H,25,26). The monoisotopic (exact) mass is 402 g/mol. The van der Waals surface area contributed by atoms with E-state index in [0.717, 1.165) is 0 Å². The summed E-state index contributed by atoms with van der Waals surface area (Å²) >= 11 is 1.31. The minimum atomic E-state index is -1.32. The van der Waals surface area contributed by atoms with E-state index >= 15 is 0 Å². The molecule has 0 aliphatic carbocycles. The first-order valence-corrected chi connectivity index (χ1v) is 9.42. The summed E-state index contributed by atoms with van der Waals surface area (Å²) in [7, 11) is 3.54. The minimum Gasteiger partial charge on any atom is -0.477 e. The van der Waals surface area contributed by atoms with Gasteiger partial charge in [-0.15, -0.1) is 11.3 Å². The molecule has 3 aromatic rings. The normalized spacial score (nSPS) is 19.4. The van der Waals surface area contributed by atoms with Crippen LogP contribution in [0.5, 0.6) is 0 Å². The molecule has 1 saturated heterocycles. The molecule has 1 aliphatic rings. The summed E-state index contributed by atoms with van der Waals surface area (Å²) in [4.78, 5) is 39.2. The van der Waals surface area contributed by atoms with E-state index in [1.165, 1.54) is 28.3 Å². The van der Waals surface area contributed by atoms with Gasteiger partial charge in [0.05, 0.1) is 18.3 Å². The average molecular weight is 402 g/mol. The summed E-state index contributed by atoms with van der Waals surface area (Å²) in [5.74, 6) is -0.734. The lowest BCUT2D eigenvalue weighted by Crippen LogP contribution is -2.37. The molecule has 146 valence electrons. The highest BCUT2D eigenvalue weighted by Crippen LogP contribution is 2.23. The molecule has 3 aromatic heterocycles. The molecule has 10 nitrogen and oxygen atoms in total. The van der Waals surface area contributed by atoms with Gasteiger partial charge in [-0.2, -0.15) is 0 Å². The van der Waals surface area contributed by atoms with Gasteiger partial charge < -0.3 is 20.1 Å². The van der Waals surface area contributed by atoms with Crippen LogP contribution in [0, 0.1) is 0 Å². The largest absolute Gasteiger partial charge is 0.477 e. The Balaban J connectivity index is 1.87. The number of anilines is 1. The average Bonchev–Trinajstić information content (AvgIpc) is 3.37. The minimum absolute atomic E-state index is 0.00182. The Morgan fingerprint density at radius 1 is 1.39 bits per heavy atom. The van der Waals surface area contributed by atoms with E-state index in [2.05, 4.69) is 20.3 Å². The van der Waals surface area contributed by atoms with Crippen LogP contribution in [0.1, 0.15) is 10.4 Å². The smallest absolute Gasteiger partial charge is 0.341 e. The number of aromatic carboxylic acids is 1. The number of likely N-dealkylation sites (N-methyl/N-ethyl adjacent to an activating group) is 1. The maximum absolute atomic E-state index is 12.6. The van der Waals surface area contributed by atoms with Gasteiger partial charge in [0, 0.05) is 38.0 Å². The third kappa shape index (κ3) is 3.03. The van der Waals surface area contributed by atoms with Gasteiger partial charge >= 0.3 is 5.97 Å². The molecule has 1 fully saturated rings. The zero-order chi connectivity index (χ0) is 19.8. The molecule has 11 heteroatoms. The number of aromatic nitrogens is 4. The first-order chi connectivity index (χ1) is 13.5. The molecule has 28 heavy (non-hydrogen) atoms. The van der Waals surface area contributed by atoms with Crippen molar-refractivity contribution >= 4 is 34.3 Å². The quantitative estimate of drug-likeness (QED) is 0.623. The number of carbonyl (C=O) groups is 1. The Bertz CT molecular complexity index is 1070. The van der Waals surface area contributed by atoms with Crippen molar-refractivity contribution in [2.24, 2.45) is 0 Å². The molecule has 4 rings (SSSR count). The van der Waals surface area contributed by atoms with Gasteiger partial charge in [-0.3, -0.25) is 9.36 Å². The highest BCUT2D eigenvalue weighted by Gasteiger charge is 2.33. The topological polar surface area (TPSA) is 122 Å². The molecule has 0 amide bonds. The number of ether oxygens (including phenoxy) is 1. The first-order valence-electron chi connectivity index (χ1n) is 8.54. The third-order valence-corrected chi connectivity index (χ3v) is 5.58. The molecular weight excluding hydrogens is 384 g/mol. The molecule has 4 heterocycles. The maximum atomic E-state index is 12.6. The van der Waals surface area contributed by atoms with Crippen LogP contribution in [-0.2, 0) is 4.74 Å². The second-order valence-corrected chi connectivity index (χ2v) is 7.21. The van der Waals surface area contributed by atoms with Gasteiger partial charge in [-0.25, -0.2) is 19.7 Å². The highest BCUT2D eigenvalue weighted by molar-refractivity contribution is 7.12. The van der Waals surface area contributed by atoms with Gasteiger partial charge in [0.15, 0.2) is 16.3 Å². The van der Waals surface area contributed by atoms with Crippen LogP contribution < -0.4 is 15.6 Å². The van der Waals surface area contributed by atoms with Gasteiger partial charge in [-0.05, 0) is 7.05 Å². The van der Waals surface area contributed by atoms with E-state index in [1.807, 2.05) is 11.9 Å². The van der Waals surface area contributed by atoms with Crippen LogP contribution in [-0.4, -0.2) is 70.0 Å². The molecule has 0 spiro atoms. The van der Waals surface area contributed by atoms with E-state index in [-0.39, 0.29) is 28.9 Å². The van der Waals surface area contributed by atoms with Gasteiger partial charge in [0.25, 0.3) is 0 Å². The summed E-state index contributed by atoms with van der Waals surface area (Å²) in [5, 5.41) is 14.9. The number of pyridine rings is 1. The summed E-state index contributed by atoms with van der Waals surface area (Å²) in [6.07, 6.45) is 4.34. The number of carboxylic acid groups (broad SMARTS) is 1. The van der Waals surface area contributed by atoms with Crippen LogP contribution >= 0.6 is 11.3 Å². The number of nitrogens with zero attached hydrogens (tertiary/aromatic N) is 5. The van der Waals surface area contributed by atoms with Gasteiger partial charge in [0.2, 0.25) is 5.43 Å².